The third-order valence-electron chi connectivity index (χ3n) is 4.77. The molecule has 3 rings (SSSR count). The zero-order valence-electron chi connectivity index (χ0n) is 14.1. The average Bonchev–Trinajstić information content (AvgIpc) is 3.28. The number of likely N-dealkylation sites (tertiary alicyclic amines) is 1. The number of amides is 1. The van der Waals surface area contributed by atoms with Crippen LogP contribution in [0.25, 0.3) is 0 Å². The summed E-state index contributed by atoms with van der Waals surface area (Å²) in [4.78, 5) is 16.7. The van der Waals surface area contributed by atoms with Crippen LogP contribution in [-0.2, 0) is 16.1 Å². The summed E-state index contributed by atoms with van der Waals surface area (Å²) in [5, 5.41) is 9.07. The fraction of sp³-hybridized carbons (Fsp3) is 0.579. The molecule has 5 heteroatoms. The molecule has 5 nitrogen and oxygen atoms in total. The van der Waals surface area contributed by atoms with E-state index in [0.29, 0.717) is 18.7 Å². The van der Waals surface area contributed by atoms with Crippen LogP contribution in [0.3, 0.4) is 0 Å². The lowest BCUT2D eigenvalue weighted by molar-refractivity contribution is -0.131. The molecule has 2 fully saturated rings. The number of rotatable bonds is 6. The summed E-state index contributed by atoms with van der Waals surface area (Å²) in [6.07, 6.45) is 4.61. The van der Waals surface area contributed by atoms with E-state index >= 15 is 0 Å². The van der Waals surface area contributed by atoms with E-state index in [2.05, 4.69) is 11.0 Å². The number of benzene rings is 1. The highest BCUT2D eigenvalue weighted by atomic mass is 16.5. The fourth-order valence-electron chi connectivity index (χ4n) is 3.52. The highest BCUT2D eigenvalue weighted by Crippen LogP contribution is 2.16. The Morgan fingerprint density at radius 2 is 2.17 bits per heavy atom. The van der Waals surface area contributed by atoms with Crippen LogP contribution in [0, 0.1) is 11.3 Å². The van der Waals surface area contributed by atoms with E-state index in [1.54, 1.807) is 0 Å². The Kier molecular flexibility index (Phi) is 5.84. The van der Waals surface area contributed by atoms with E-state index in [0.717, 1.165) is 57.5 Å². The minimum absolute atomic E-state index is 0.210. The number of hydrogen-bond acceptors (Lipinski definition) is 4. The molecule has 2 heterocycles. The highest BCUT2D eigenvalue weighted by Gasteiger charge is 2.24. The van der Waals surface area contributed by atoms with Crippen molar-refractivity contribution in [2.45, 2.75) is 38.3 Å². The van der Waals surface area contributed by atoms with Crippen LogP contribution in [0.15, 0.2) is 24.3 Å². The van der Waals surface area contributed by atoms with Gasteiger partial charge in [-0.05, 0) is 43.4 Å². The predicted molar refractivity (Wildman–Crippen MR) is 91.2 cm³/mol. The van der Waals surface area contributed by atoms with Gasteiger partial charge in [0.1, 0.15) is 0 Å². The van der Waals surface area contributed by atoms with Crippen molar-refractivity contribution < 1.29 is 9.53 Å². The zero-order chi connectivity index (χ0) is 16.8. The van der Waals surface area contributed by atoms with Crippen LogP contribution in [0.5, 0.6) is 0 Å². The molecule has 0 saturated carbocycles. The molecule has 0 bridgehead atoms. The summed E-state index contributed by atoms with van der Waals surface area (Å²) in [6.45, 7) is 4.47. The molecule has 0 N–H and O–H groups in total. The minimum Gasteiger partial charge on any atom is -0.377 e. The standard InChI is InChI=1S/C19H25N3O2/c20-12-16-5-3-6-17(11-16)13-21(14-18-7-4-10-24-18)15-19(23)22-8-1-2-9-22/h3,5-6,11,18H,1-2,4,7-10,13-15H2/t18-/m1/s1. The van der Waals surface area contributed by atoms with E-state index in [-0.39, 0.29) is 12.0 Å². The monoisotopic (exact) mass is 327 g/mol. The van der Waals surface area contributed by atoms with Crippen molar-refractivity contribution in [1.82, 2.24) is 9.80 Å². The zero-order valence-corrected chi connectivity index (χ0v) is 14.1. The number of carbonyl (C=O) groups is 1. The van der Waals surface area contributed by atoms with Crippen LogP contribution in [-0.4, -0.2) is 54.6 Å². The van der Waals surface area contributed by atoms with Crippen molar-refractivity contribution >= 4 is 5.91 Å². The normalized spacial score (nSPS) is 20.5. The molecule has 2 saturated heterocycles. The maximum absolute atomic E-state index is 12.5. The van der Waals surface area contributed by atoms with Gasteiger partial charge in [-0.1, -0.05) is 12.1 Å². The smallest absolute Gasteiger partial charge is 0.236 e. The Morgan fingerprint density at radius 1 is 1.33 bits per heavy atom. The Morgan fingerprint density at radius 3 is 2.88 bits per heavy atom. The van der Waals surface area contributed by atoms with Crippen LogP contribution in [0.1, 0.15) is 36.8 Å². The van der Waals surface area contributed by atoms with Gasteiger partial charge in [-0.2, -0.15) is 5.26 Å². The van der Waals surface area contributed by atoms with E-state index in [9.17, 15) is 4.79 Å². The third-order valence-corrected chi connectivity index (χ3v) is 4.77. The Hall–Kier alpha value is -1.90. The van der Waals surface area contributed by atoms with Crippen molar-refractivity contribution in [3.05, 3.63) is 35.4 Å². The Bertz CT molecular complexity index is 599. The van der Waals surface area contributed by atoms with Crippen LogP contribution < -0.4 is 0 Å². The SMILES string of the molecule is N#Cc1cccc(CN(CC(=O)N2CCCC2)C[C@H]2CCCO2)c1. The molecule has 0 aliphatic carbocycles. The van der Waals surface area contributed by atoms with Gasteiger partial charge in [0.25, 0.3) is 0 Å². The molecule has 0 radical (unpaired) electrons. The van der Waals surface area contributed by atoms with Gasteiger partial charge in [0.05, 0.1) is 24.3 Å². The summed E-state index contributed by atoms with van der Waals surface area (Å²) in [5.74, 6) is 0.210. The second kappa shape index (κ2) is 8.27. The molecule has 0 unspecified atom stereocenters. The van der Waals surface area contributed by atoms with Crippen molar-refractivity contribution in [3.8, 4) is 6.07 Å². The van der Waals surface area contributed by atoms with Gasteiger partial charge in [0, 0.05) is 32.8 Å². The van der Waals surface area contributed by atoms with E-state index in [1.165, 1.54) is 0 Å². The number of hydrogen-bond donors (Lipinski definition) is 0. The third kappa shape index (κ3) is 4.56. The van der Waals surface area contributed by atoms with Gasteiger partial charge in [0.15, 0.2) is 0 Å². The molecule has 1 amide bonds. The highest BCUT2D eigenvalue weighted by molar-refractivity contribution is 5.78. The molecule has 1 atom stereocenters. The predicted octanol–water partition coefficient (Wildman–Crippen LogP) is 2.16. The molecule has 24 heavy (non-hydrogen) atoms. The fourth-order valence-corrected chi connectivity index (χ4v) is 3.52. The van der Waals surface area contributed by atoms with Gasteiger partial charge in [-0.3, -0.25) is 9.69 Å². The largest absolute Gasteiger partial charge is 0.377 e. The first kappa shape index (κ1) is 16.9. The van der Waals surface area contributed by atoms with Crippen LogP contribution >= 0.6 is 0 Å². The Labute approximate surface area is 143 Å². The molecular weight excluding hydrogens is 302 g/mol. The summed E-state index contributed by atoms with van der Waals surface area (Å²) < 4.78 is 5.75. The molecule has 1 aromatic rings. The first-order valence-corrected chi connectivity index (χ1v) is 8.85. The van der Waals surface area contributed by atoms with Crippen molar-refractivity contribution in [3.63, 3.8) is 0 Å². The van der Waals surface area contributed by atoms with Crippen LogP contribution in [0.4, 0.5) is 0 Å². The van der Waals surface area contributed by atoms with E-state index in [4.69, 9.17) is 10.00 Å². The van der Waals surface area contributed by atoms with E-state index in [1.807, 2.05) is 29.2 Å². The molecular formula is C19H25N3O2. The van der Waals surface area contributed by atoms with Crippen molar-refractivity contribution in [2.75, 3.05) is 32.8 Å². The molecule has 0 spiro atoms. The second-order valence-electron chi connectivity index (χ2n) is 6.70. The maximum atomic E-state index is 12.5. The quantitative estimate of drug-likeness (QED) is 0.803. The molecule has 1 aromatic carbocycles. The lowest BCUT2D eigenvalue weighted by Gasteiger charge is -2.27. The lowest BCUT2D eigenvalue weighted by atomic mass is 10.1. The molecule has 128 valence electrons. The van der Waals surface area contributed by atoms with Gasteiger partial charge < -0.3 is 9.64 Å². The average molecular weight is 327 g/mol. The summed E-state index contributed by atoms with van der Waals surface area (Å²) in [7, 11) is 0. The number of nitrogens with zero attached hydrogens (tertiary/aromatic N) is 3. The number of ether oxygens (including phenoxy) is 1. The molecule has 0 aromatic heterocycles. The number of nitriles is 1. The summed E-state index contributed by atoms with van der Waals surface area (Å²) in [5.41, 5.74) is 1.73. The lowest BCUT2D eigenvalue weighted by Crippen LogP contribution is -2.41. The van der Waals surface area contributed by atoms with Crippen molar-refractivity contribution in [1.29, 1.82) is 5.26 Å². The Balaban J connectivity index is 1.65. The van der Waals surface area contributed by atoms with Gasteiger partial charge in [-0.25, -0.2) is 0 Å². The van der Waals surface area contributed by atoms with Crippen LogP contribution in [0.2, 0.25) is 0 Å². The van der Waals surface area contributed by atoms with Gasteiger partial charge in [-0.15, -0.1) is 0 Å². The van der Waals surface area contributed by atoms with Gasteiger partial charge in [0.2, 0.25) is 5.91 Å². The molecule has 2 aliphatic heterocycles. The number of carbonyl (C=O) groups excluding carboxylic acids is 1. The second-order valence-corrected chi connectivity index (χ2v) is 6.70. The molecule has 2 aliphatic rings. The summed E-state index contributed by atoms with van der Waals surface area (Å²) in [6, 6.07) is 9.82. The minimum atomic E-state index is 0.210. The first-order chi connectivity index (χ1) is 11.7. The maximum Gasteiger partial charge on any atom is 0.236 e. The van der Waals surface area contributed by atoms with Crippen molar-refractivity contribution in [2.24, 2.45) is 0 Å². The summed E-state index contributed by atoms with van der Waals surface area (Å²) >= 11 is 0. The van der Waals surface area contributed by atoms with E-state index < -0.39 is 0 Å². The topological polar surface area (TPSA) is 56.6 Å². The van der Waals surface area contributed by atoms with Gasteiger partial charge >= 0.3 is 0 Å². The first-order valence-electron chi connectivity index (χ1n) is 8.85.